The topological polar surface area (TPSA) is 69.7 Å². The summed E-state index contributed by atoms with van der Waals surface area (Å²) >= 11 is 0. The minimum atomic E-state index is -3.77. The van der Waals surface area contributed by atoms with Gasteiger partial charge < -0.3 is 9.80 Å². The first kappa shape index (κ1) is 24.1. The maximum absolute atomic E-state index is 13.2. The van der Waals surface area contributed by atoms with Crippen molar-refractivity contribution >= 4 is 33.0 Å². The molecule has 0 aliphatic carbocycles. The number of aryl methyl sites for hydroxylation is 1. The van der Waals surface area contributed by atoms with Crippen molar-refractivity contribution in [2.24, 2.45) is 5.92 Å². The number of fused-ring (bicyclic) bond motifs is 1. The summed E-state index contributed by atoms with van der Waals surface area (Å²) in [6.45, 7) is 16.3. The summed E-state index contributed by atoms with van der Waals surface area (Å²) in [6, 6.07) is 10.8. The van der Waals surface area contributed by atoms with Gasteiger partial charge in [-0.15, -0.1) is 0 Å². The zero-order valence-corrected chi connectivity index (χ0v) is 21.0. The Morgan fingerprint density at radius 3 is 2.34 bits per heavy atom. The summed E-state index contributed by atoms with van der Waals surface area (Å²) in [4.78, 5) is 16.9. The molecule has 2 aromatic carbocycles. The van der Waals surface area contributed by atoms with Crippen LogP contribution in [-0.4, -0.2) is 34.0 Å². The number of nitrogens with one attached hydrogen (secondary N) is 1. The number of anilines is 3. The molecule has 0 saturated carbocycles. The van der Waals surface area contributed by atoms with Gasteiger partial charge in [0.25, 0.3) is 10.0 Å². The van der Waals surface area contributed by atoms with Crippen LogP contribution < -0.4 is 14.5 Å². The van der Waals surface area contributed by atoms with Gasteiger partial charge in [-0.1, -0.05) is 27.7 Å². The van der Waals surface area contributed by atoms with Crippen molar-refractivity contribution in [2.75, 3.05) is 34.2 Å². The summed E-state index contributed by atoms with van der Waals surface area (Å²) in [5.41, 5.74) is 3.86. The molecule has 2 aromatic rings. The lowest BCUT2D eigenvalue weighted by atomic mass is 9.87. The number of hydrogen-bond acceptors (Lipinski definition) is 4. The van der Waals surface area contributed by atoms with E-state index in [0.29, 0.717) is 12.2 Å². The van der Waals surface area contributed by atoms with E-state index in [1.165, 1.54) is 0 Å². The SMILES string of the molecule is CCN(CC)c1ccc(NS(=O)(=O)c2ccc3c(c2)C(C)(C)CN3C(=O)C(C)C)c(C)c1. The molecule has 0 atom stereocenters. The normalized spacial score (nSPS) is 15.1. The molecular weight excluding hydrogens is 422 g/mol. The van der Waals surface area contributed by atoms with Crippen molar-refractivity contribution in [3.8, 4) is 0 Å². The van der Waals surface area contributed by atoms with Crippen LogP contribution in [0.4, 0.5) is 17.1 Å². The van der Waals surface area contributed by atoms with Gasteiger partial charge >= 0.3 is 0 Å². The number of carbonyl (C=O) groups excluding carboxylic acids is 1. The second-order valence-electron chi connectivity index (χ2n) is 9.42. The van der Waals surface area contributed by atoms with Gasteiger partial charge in [0.1, 0.15) is 0 Å². The molecule has 174 valence electrons. The van der Waals surface area contributed by atoms with E-state index in [1.54, 1.807) is 23.1 Å². The van der Waals surface area contributed by atoms with E-state index in [-0.39, 0.29) is 22.1 Å². The van der Waals surface area contributed by atoms with Gasteiger partial charge in [0, 0.05) is 42.3 Å². The van der Waals surface area contributed by atoms with E-state index < -0.39 is 10.0 Å². The monoisotopic (exact) mass is 457 g/mol. The first-order chi connectivity index (χ1) is 14.9. The van der Waals surface area contributed by atoms with Crippen molar-refractivity contribution in [3.05, 3.63) is 47.5 Å². The molecule has 0 aromatic heterocycles. The number of carbonyl (C=O) groups is 1. The molecule has 3 rings (SSSR count). The van der Waals surface area contributed by atoms with Crippen LogP contribution in [-0.2, 0) is 20.2 Å². The molecule has 7 heteroatoms. The third-order valence-corrected chi connectivity index (χ3v) is 7.56. The van der Waals surface area contributed by atoms with Gasteiger partial charge in [0.2, 0.25) is 5.91 Å². The van der Waals surface area contributed by atoms with Crippen molar-refractivity contribution < 1.29 is 13.2 Å². The Hall–Kier alpha value is -2.54. The van der Waals surface area contributed by atoms with Gasteiger partial charge in [-0.05, 0) is 68.3 Å². The molecule has 6 nitrogen and oxygen atoms in total. The van der Waals surface area contributed by atoms with Crippen LogP contribution in [0.2, 0.25) is 0 Å². The van der Waals surface area contributed by atoms with Gasteiger partial charge in [0.05, 0.1) is 10.6 Å². The Bertz CT molecular complexity index is 1120. The molecular formula is C25H35N3O3S. The predicted molar refractivity (Wildman–Crippen MR) is 132 cm³/mol. The van der Waals surface area contributed by atoms with E-state index in [1.807, 2.05) is 52.8 Å². The fourth-order valence-electron chi connectivity index (χ4n) is 4.29. The molecule has 0 unspecified atom stereocenters. The minimum absolute atomic E-state index is 0.0504. The highest BCUT2D eigenvalue weighted by atomic mass is 32.2. The fourth-order valence-corrected chi connectivity index (χ4v) is 5.44. The van der Waals surface area contributed by atoms with Crippen LogP contribution in [0.1, 0.15) is 52.7 Å². The highest BCUT2D eigenvalue weighted by Crippen LogP contribution is 2.42. The zero-order valence-electron chi connectivity index (χ0n) is 20.2. The molecule has 1 aliphatic heterocycles. The Morgan fingerprint density at radius 2 is 1.78 bits per heavy atom. The molecule has 1 N–H and O–H groups in total. The number of nitrogens with zero attached hydrogens (tertiary/aromatic N) is 2. The first-order valence-electron chi connectivity index (χ1n) is 11.3. The first-order valence-corrected chi connectivity index (χ1v) is 12.7. The zero-order chi connectivity index (χ0) is 23.8. The summed E-state index contributed by atoms with van der Waals surface area (Å²) in [5.74, 6) is -0.0708. The molecule has 0 saturated heterocycles. The molecule has 32 heavy (non-hydrogen) atoms. The summed E-state index contributed by atoms with van der Waals surface area (Å²) < 4.78 is 29.2. The number of hydrogen-bond donors (Lipinski definition) is 1. The van der Waals surface area contributed by atoms with E-state index in [9.17, 15) is 13.2 Å². The van der Waals surface area contributed by atoms with E-state index in [4.69, 9.17) is 0 Å². The quantitative estimate of drug-likeness (QED) is 0.641. The number of sulfonamides is 1. The third kappa shape index (κ3) is 4.49. The highest BCUT2D eigenvalue weighted by molar-refractivity contribution is 7.92. The lowest BCUT2D eigenvalue weighted by Gasteiger charge is -2.22. The van der Waals surface area contributed by atoms with Crippen LogP contribution in [0, 0.1) is 12.8 Å². The molecule has 0 bridgehead atoms. The van der Waals surface area contributed by atoms with Crippen LogP contribution in [0.25, 0.3) is 0 Å². The second-order valence-corrected chi connectivity index (χ2v) is 11.1. The standard InChI is InChI=1S/C25H35N3O3S/c1-8-27(9-2)19-10-12-22(18(5)14-19)26-32(30,31)20-11-13-23-21(15-20)25(6,7)16-28(23)24(29)17(3)4/h10-15,17,26H,8-9,16H2,1-7H3. The van der Waals surface area contributed by atoms with E-state index in [0.717, 1.165) is 35.6 Å². The predicted octanol–water partition coefficient (Wildman–Crippen LogP) is 4.92. The molecule has 0 spiro atoms. The molecule has 0 radical (unpaired) electrons. The highest BCUT2D eigenvalue weighted by Gasteiger charge is 2.39. The summed E-state index contributed by atoms with van der Waals surface area (Å²) in [6.07, 6.45) is 0. The van der Waals surface area contributed by atoms with Crippen molar-refractivity contribution in [3.63, 3.8) is 0 Å². The van der Waals surface area contributed by atoms with Gasteiger partial charge in [-0.2, -0.15) is 0 Å². The van der Waals surface area contributed by atoms with E-state index in [2.05, 4.69) is 23.5 Å². The van der Waals surface area contributed by atoms with Crippen molar-refractivity contribution in [1.29, 1.82) is 0 Å². The smallest absolute Gasteiger partial charge is 0.261 e. The van der Waals surface area contributed by atoms with Crippen molar-refractivity contribution in [1.82, 2.24) is 0 Å². The molecule has 0 fully saturated rings. The maximum atomic E-state index is 13.2. The summed E-state index contributed by atoms with van der Waals surface area (Å²) in [7, 11) is -3.77. The number of rotatable bonds is 7. The minimum Gasteiger partial charge on any atom is -0.372 e. The number of amides is 1. The Kier molecular flexibility index (Phi) is 6.61. The maximum Gasteiger partial charge on any atom is 0.261 e. The van der Waals surface area contributed by atoms with Crippen molar-refractivity contribution in [2.45, 2.75) is 58.8 Å². The second kappa shape index (κ2) is 8.77. The average molecular weight is 458 g/mol. The van der Waals surface area contributed by atoms with Crippen LogP contribution in [0.15, 0.2) is 41.3 Å². The third-order valence-electron chi connectivity index (χ3n) is 6.19. The van der Waals surface area contributed by atoms with Gasteiger partial charge in [0.15, 0.2) is 0 Å². The summed E-state index contributed by atoms with van der Waals surface area (Å²) in [5, 5.41) is 0. The lowest BCUT2D eigenvalue weighted by Crippen LogP contribution is -2.36. The molecule has 1 aliphatic rings. The molecule has 1 amide bonds. The Labute approximate surface area is 192 Å². The largest absolute Gasteiger partial charge is 0.372 e. The number of benzene rings is 2. The fraction of sp³-hybridized carbons (Fsp3) is 0.480. The van der Waals surface area contributed by atoms with E-state index >= 15 is 0 Å². The Balaban J connectivity index is 1.93. The average Bonchev–Trinajstić information content (AvgIpc) is 3.00. The van der Waals surface area contributed by atoms with Crippen LogP contribution in [0.3, 0.4) is 0 Å². The molecule has 1 heterocycles. The van der Waals surface area contributed by atoms with Gasteiger partial charge in [-0.3, -0.25) is 9.52 Å². The van der Waals surface area contributed by atoms with Crippen LogP contribution >= 0.6 is 0 Å². The lowest BCUT2D eigenvalue weighted by molar-refractivity contribution is -0.121. The van der Waals surface area contributed by atoms with Gasteiger partial charge in [-0.25, -0.2) is 8.42 Å². The Morgan fingerprint density at radius 1 is 1.12 bits per heavy atom. The van der Waals surface area contributed by atoms with Crippen LogP contribution in [0.5, 0.6) is 0 Å².